The Morgan fingerprint density at radius 3 is 2.41 bits per heavy atom. The molecular weight excluding hydrogens is 234 g/mol. The summed E-state index contributed by atoms with van der Waals surface area (Å²) < 4.78 is 49.1. The van der Waals surface area contributed by atoms with E-state index in [4.69, 9.17) is 0 Å². The van der Waals surface area contributed by atoms with Crippen LogP contribution in [0.2, 0.25) is 0 Å². The van der Waals surface area contributed by atoms with Crippen LogP contribution in [0.15, 0.2) is 18.2 Å². The van der Waals surface area contributed by atoms with Gasteiger partial charge >= 0.3 is 6.18 Å². The molecule has 0 aliphatic heterocycles. The predicted molar refractivity (Wildman–Crippen MR) is 58.4 cm³/mol. The molecule has 0 fully saturated rings. The number of nitrogens with zero attached hydrogens (tertiary/aromatic N) is 1. The fourth-order valence-electron chi connectivity index (χ4n) is 1.57. The predicted octanol–water partition coefficient (Wildman–Crippen LogP) is 3.17. The Morgan fingerprint density at radius 2 is 1.88 bits per heavy atom. The van der Waals surface area contributed by atoms with Crippen molar-refractivity contribution >= 4 is 0 Å². The van der Waals surface area contributed by atoms with E-state index in [1.807, 2.05) is 0 Å². The average Bonchev–Trinajstić information content (AvgIpc) is 2.17. The van der Waals surface area contributed by atoms with Gasteiger partial charge in [-0.3, -0.25) is 4.90 Å². The SMILES string of the molecule is Cc1cc(CCN(C)CC(F)(F)F)ccc1F. The summed E-state index contributed by atoms with van der Waals surface area (Å²) in [6, 6.07) is 4.61. The molecule has 0 saturated carbocycles. The molecule has 0 N–H and O–H groups in total. The normalized spacial score (nSPS) is 12.2. The van der Waals surface area contributed by atoms with E-state index in [1.165, 1.54) is 18.0 Å². The summed E-state index contributed by atoms with van der Waals surface area (Å²) in [6.45, 7) is 1.01. The Hall–Kier alpha value is -1.10. The molecule has 0 bridgehead atoms. The molecular formula is C12H15F4N. The maximum atomic E-state index is 13.0. The van der Waals surface area contributed by atoms with E-state index >= 15 is 0 Å². The summed E-state index contributed by atoms with van der Waals surface area (Å²) in [5.74, 6) is -0.294. The van der Waals surface area contributed by atoms with E-state index in [9.17, 15) is 17.6 Å². The minimum atomic E-state index is -4.17. The van der Waals surface area contributed by atoms with Crippen molar-refractivity contribution in [1.29, 1.82) is 0 Å². The van der Waals surface area contributed by atoms with Gasteiger partial charge in [0.2, 0.25) is 0 Å². The third-order valence-electron chi connectivity index (χ3n) is 2.45. The number of likely N-dealkylation sites (N-methyl/N-ethyl adjacent to an activating group) is 1. The van der Waals surface area contributed by atoms with Crippen LogP contribution in [0.25, 0.3) is 0 Å². The molecule has 0 heterocycles. The van der Waals surface area contributed by atoms with Crippen molar-refractivity contribution in [3.8, 4) is 0 Å². The summed E-state index contributed by atoms with van der Waals surface area (Å²) in [6.07, 6.45) is -3.69. The van der Waals surface area contributed by atoms with Gasteiger partial charge in [-0.05, 0) is 37.6 Å². The smallest absolute Gasteiger partial charge is 0.298 e. The highest BCUT2D eigenvalue weighted by molar-refractivity contribution is 5.24. The second-order valence-corrected chi connectivity index (χ2v) is 4.19. The van der Waals surface area contributed by atoms with Crippen LogP contribution in [0.4, 0.5) is 17.6 Å². The van der Waals surface area contributed by atoms with Gasteiger partial charge in [0.25, 0.3) is 0 Å². The fourth-order valence-corrected chi connectivity index (χ4v) is 1.57. The number of aryl methyl sites for hydroxylation is 1. The Balaban J connectivity index is 2.47. The van der Waals surface area contributed by atoms with E-state index in [2.05, 4.69) is 0 Å². The second kappa shape index (κ2) is 5.49. The monoisotopic (exact) mass is 249 g/mol. The van der Waals surface area contributed by atoms with Crippen LogP contribution in [0.1, 0.15) is 11.1 Å². The van der Waals surface area contributed by atoms with Crippen LogP contribution in [0, 0.1) is 12.7 Å². The lowest BCUT2D eigenvalue weighted by Crippen LogP contribution is -2.32. The van der Waals surface area contributed by atoms with E-state index in [-0.39, 0.29) is 5.82 Å². The molecule has 0 spiro atoms. The first-order valence-corrected chi connectivity index (χ1v) is 5.28. The number of benzene rings is 1. The first-order chi connectivity index (χ1) is 7.78. The quantitative estimate of drug-likeness (QED) is 0.741. The molecule has 0 saturated heterocycles. The standard InChI is InChI=1S/C12H15F4N/c1-9-7-10(3-4-11(9)13)5-6-17(2)8-12(14,15)16/h3-4,7H,5-6,8H2,1-2H3. The molecule has 5 heteroatoms. The van der Waals surface area contributed by atoms with Crippen molar-refractivity contribution in [3.05, 3.63) is 35.1 Å². The molecule has 0 atom stereocenters. The van der Waals surface area contributed by atoms with Gasteiger partial charge in [0, 0.05) is 6.54 Å². The van der Waals surface area contributed by atoms with Gasteiger partial charge < -0.3 is 0 Å². The van der Waals surface area contributed by atoms with Crippen molar-refractivity contribution < 1.29 is 17.6 Å². The van der Waals surface area contributed by atoms with Crippen molar-refractivity contribution in [1.82, 2.24) is 4.90 Å². The molecule has 0 aliphatic rings. The van der Waals surface area contributed by atoms with Gasteiger partial charge in [-0.2, -0.15) is 13.2 Å². The maximum Gasteiger partial charge on any atom is 0.401 e. The van der Waals surface area contributed by atoms with Crippen LogP contribution in [-0.4, -0.2) is 31.2 Å². The Kier molecular flexibility index (Phi) is 4.51. The van der Waals surface area contributed by atoms with Gasteiger partial charge in [0.15, 0.2) is 0 Å². The van der Waals surface area contributed by atoms with Crippen LogP contribution in [0.5, 0.6) is 0 Å². The molecule has 96 valence electrons. The zero-order chi connectivity index (χ0) is 13.1. The average molecular weight is 249 g/mol. The zero-order valence-electron chi connectivity index (χ0n) is 9.81. The third kappa shape index (κ3) is 5.17. The molecule has 1 nitrogen and oxygen atoms in total. The molecule has 0 amide bonds. The Bertz CT molecular complexity index is 373. The maximum absolute atomic E-state index is 13.0. The summed E-state index contributed by atoms with van der Waals surface area (Å²) in [4.78, 5) is 1.21. The minimum Gasteiger partial charge on any atom is -0.298 e. The van der Waals surface area contributed by atoms with Crippen LogP contribution < -0.4 is 0 Å². The van der Waals surface area contributed by atoms with E-state index in [1.54, 1.807) is 19.1 Å². The van der Waals surface area contributed by atoms with Crippen LogP contribution in [0.3, 0.4) is 0 Å². The Labute approximate surface area is 98.0 Å². The molecule has 17 heavy (non-hydrogen) atoms. The molecule has 0 radical (unpaired) electrons. The van der Waals surface area contributed by atoms with Crippen molar-refractivity contribution in [2.75, 3.05) is 20.1 Å². The highest BCUT2D eigenvalue weighted by atomic mass is 19.4. The highest BCUT2D eigenvalue weighted by Crippen LogP contribution is 2.16. The first-order valence-electron chi connectivity index (χ1n) is 5.28. The lowest BCUT2D eigenvalue weighted by molar-refractivity contribution is -0.142. The summed E-state index contributed by atoms with van der Waals surface area (Å²) >= 11 is 0. The van der Waals surface area contributed by atoms with E-state index in [0.29, 0.717) is 18.5 Å². The summed E-state index contributed by atoms with van der Waals surface area (Å²) in [7, 11) is 1.42. The van der Waals surface area contributed by atoms with Crippen molar-refractivity contribution in [3.63, 3.8) is 0 Å². The second-order valence-electron chi connectivity index (χ2n) is 4.19. The molecule has 0 unspecified atom stereocenters. The van der Waals surface area contributed by atoms with E-state index in [0.717, 1.165) is 5.56 Å². The topological polar surface area (TPSA) is 3.24 Å². The molecule has 1 aromatic carbocycles. The number of halogens is 4. The minimum absolute atomic E-state index is 0.294. The van der Waals surface area contributed by atoms with E-state index < -0.39 is 12.7 Å². The lowest BCUT2D eigenvalue weighted by Gasteiger charge is -2.18. The van der Waals surface area contributed by atoms with Crippen LogP contribution >= 0.6 is 0 Å². The summed E-state index contributed by atoms with van der Waals surface area (Å²) in [5.41, 5.74) is 1.36. The summed E-state index contributed by atoms with van der Waals surface area (Å²) in [5, 5.41) is 0. The molecule has 1 rings (SSSR count). The van der Waals surface area contributed by atoms with Gasteiger partial charge in [-0.25, -0.2) is 4.39 Å². The number of rotatable bonds is 4. The number of alkyl halides is 3. The number of hydrogen-bond donors (Lipinski definition) is 0. The third-order valence-corrected chi connectivity index (χ3v) is 2.45. The van der Waals surface area contributed by atoms with Crippen LogP contribution in [-0.2, 0) is 6.42 Å². The van der Waals surface area contributed by atoms with Gasteiger partial charge in [0.05, 0.1) is 6.54 Å². The van der Waals surface area contributed by atoms with Crippen molar-refractivity contribution in [2.45, 2.75) is 19.5 Å². The fraction of sp³-hybridized carbons (Fsp3) is 0.500. The molecule has 0 aliphatic carbocycles. The molecule has 1 aromatic rings. The number of hydrogen-bond acceptors (Lipinski definition) is 1. The zero-order valence-corrected chi connectivity index (χ0v) is 9.81. The van der Waals surface area contributed by atoms with Crippen molar-refractivity contribution in [2.24, 2.45) is 0 Å². The largest absolute Gasteiger partial charge is 0.401 e. The first kappa shape index (κ1) is 14.0. The van der Waals surface area contributed by atoms with Gasteiger partial charge in [-0.1, -0.05) is 12.1 Å². The highest BCUT2D eigenvalue weighted by Gasteiger charge is 2.28. The van der Waals surface area contributed by atoms with Gasteiger partial charge in [0.1, 0.15) is 5.82 Å². The lowest BCUT2D eigenvalue weighted by atomic mass is 10.1. The Morgan fingerprint density at radius 1 is 1.24 bits per heavy atom. The molecule has 0 aromatic heterocycles. The van der Waals surface area contributed by atoms with Gasteiger partial charge in [-0.15, -0.1) is 0 Å².